The van der Waals surface area contributed by atoms with Crippen LogP contribution in [0.2, 0.25) is 0 Å². The molecule has 0 aromatic rings. The van der Waals surface area contributed by atoms with Crippen LogP contribution in [0.4, 0.5) is 0 Å². The van der Waals surface area contributed by atoms with E-state index >= 15 is 0 Å². The van der Waals surface area contributed by atoms with Gasteiger partial charge in [-0.15, -0.1) is 0 Å². The quantitative estimate of drug-likeness (QED) is 0.635. The average Bonchev–Trinajstić information content (AvgIpc) is 2.14. The number of rotatable bonds is 6. The molecule has 0 aliphatic heterocycles. The first-order valence-electron chi connectivity index (χ1n) is 4.53. The lowest BCUT2D eigenvalue weighted by Crippen LogP contribution is -1.95. The molecule has 0 fully saturated rings. The summed E-state index contributed by atoms with van der Waals surface area (Å²) in [6.45, 7) is 2.76. The minimum atomic E-state index is 0.645. The molecule has 0 rings (SSSR count). The Morgan fingerprint density at radius 1 is 1.46 bits per heavy atom. The second-order valence-corrected chi connectivity index (χ2v) is 2.63. The van der Waals surface area contributed by atoms with Gasteiger partial charge < -0.3 is 10.1 Å². The molecule has 0 saturated heterocycles. The van der Waals surface area contributed by atoms with Gasteiger partial charge in [0.1, 0.15) is 0 Å². The van der Waals surface area contributed by atoms with Crippen LogP contribution in [0.1, 0.15) is 13.3 Å². The van der Waals surface area contributed by atoms with Gasteiger partial charge in [-0.05, 0) is 24.3 Å². The van der Waals surface area contributed by atoms with E-state index in [0.717, 1.165) is 12.0 Å². The Morgan fingerprint density at radius 2 is 2.23 bits per heavy atom. The van der Waals surface area contributed by atoms with Crippen LogP contribution in [0, 0.1) is 0 Å². The highest BCUT2D eigenvalue weighted by Gasteiger charge is 1.87. The Balaban J connectivity index is 4.13. The summed E-state index contributed by atoms with van der Waals surface area (Å²) < 4.78 is 5.05. The third kappa shape index (κ3) is 7.34. The molecule has 1 N–H and O–H groups in total. The molecule has 13 heavy (non-hydrogen) atoms. The highest BCUT2D eigenvalue weighted by molar-refractivity contribution is 5.23. The van der Waals surface area contributed by atoms with Crippen molar-refractivity contribution in [3.63, 3.8) is 0 Å². The number of hydrogen-bond donors (Lipinski definition) is 1. The SMILES string of the molecule is CC/C=C/C=C(\C=C/NC)COC. The normalized spacial score (nSPS) is 13.0. The second-order valence-electron chi connectivity index (χ2n) is 2.63. The first kappa shape index (κ1) is 12.0. The van der Waals surface area contributed by atoms with E-state index < -0.39 is 0 Å². The smallest absolute Gasteiger partial charge is 0.0713 e. The van der Waals surface area contributed by atoms with Crippen molar-refractivity contribution in [2.24, 2.45) is 0 Å². The molecular formula is C11H19NO. The molecule has 74 valence electrons. The monoisotopic (exact) mass is 181 g/mol. The zero-order chi connectivity index (χ0) is 9.94. The van der Waals surface area contributed by atoms with Crippen LogP contribution in [-0.4, -0.2) is 20.8 Å². The molecule has 0 amide bonds. The van der Waals surface area contributed by atoms with E-state index in [2.05, 4.69) is 24.4 Å². The summed E-state index contributed by atoms with van der Waals surface area (Å²) in [5.41, 5.74) is 1.15. The van der Waals surface area contributed by atoms with Crippen molar-refractivity contribution in [2.45, 2.75) is 13.3 Å². The van der Waals surface area contributed by atoms with Crippen LogP contribution in [0.15, 0.2) is 36.1 Å². The van der Waals surface area contributed by atoms with Gasteiger partial charge in [-0.2, -0.15) is 0 Å². The largest absolute Gasteiger partial charge is 0.394 e. The summed E-state index contributed by atoms with van der Waals surface area (Å²) in [6.07, 6.45) is 11.2. The zero-order valence-corrected chi connectivity index (χ0v) is 8.71. The van der Waals surface area contributed by atoms with Crippen LogP contribution in [0.3, 0.4) is 0 Å². The fourth-order valence-electron chi connectivity index (χ4n) is 0.837. The molecule has 0 radical (unpaired) electrons. The first-order valence-corrected chi connectivity index (χ1v) is 4.53. The summed E-state index contributed by atoms with van der Waals surface area (Å²) in [5, 5.41) is 2.95. The van der Waals surface area contributed by atoms with Crippen molar-refractivity contribution in [1.82, 2.24) is 5.32 Å². The van der Waals surface area contributed by atoms with Gasteiger partial charge in [-0.25, -0.2) is 0 Å². The van der Waals surface area contributed by atoms with Crippen molar-refractivity contribution < 1.29 is 4.74 Å². The lowest BCUT2D eigenvalue weighted by Gasteiger charge is -1.98. The maximum Gasteiger partial charge on any atom is 0.0713 e. The number of ether oxygens (including phenoxy) is 1. The van der Waals surface area contributed by atoms with E-state index in [9.17, 15) is 0 Å². The Kier molecular flexibility index (Phi) is 8.36. The molecule has 0 aliphatic carbocycles. The number of methoxy groups -OCH3 is 1. The van der Waals surface area contributed by atoms with Crippen molar-refractivity contribution in [3.8, 4) is 0 Å². The molecule has 2 nitrogen and oxygen atoms in total. The Bertz CT molecular complexity index is 192. The summed E-state index contributed by atoms with van der Waals surface area (Å²) >= 11 is 0. The Morgan fingerprint density at radius 3 is 2.77 bits per heavy atom. The molecule has 0 heterocycles. The highest BCUT2D eigenvalue weighted by atomic mass is 16.5. The van der Waals surface area contributed by atoms with Crippen LogP contribution < -0.4 is 5.32 Å². The maximum absolute atomic E-state index is 5.05. The van der Waals surface area contributed by atoms with E-state index in [1.165, 1.54) is 0 Å². The summed E-state index contributed by atoms with van der Waals surface area (Å²) in [6, 6.07) is 0. The summed E-state index contributed by atoms with van der Waals surface area (Å²) in [5.74, 6) is 0. The van der Waals surface area contributed by atoms with Crippen molar-refractivity contribution in [3.05, 3.63) is 36.1 Å². The molecule has 0 spiro atoms. The Hall–Kier alpha value is -1.02. The zero-order valence-electron chi connectivity index (χ0n) is 8.71. The highest BCUT2D eigenvalue weighted by Crippen LogP contribution is 1.97. The topological polar surface area (TPSA) is 21.3 Å². The number of allylic oxidation sites excluding steroid dienone is 3. The van der Waals surface area contributed by atoms with Gasteiger partial charge in [0.15, 0.2) is 0 Å². The fourth-order valence-corrected chi connectivity index (χ4v) is 0.837. The molecule has 0 atom stereocenters. The predicted molar refractivity (Wildman–Crippen MR) is 57.6 cm³/mol. The number of hydrogen-bond acceptors (Lipinski definition) is 2. The minimum absolute atomic E-state index is 0.645. The van der Waals surface area contributed by atoms with Crippen LogP contribution in [0.25, 0.3) is 0 Å². The van der Waals surface area contributed by atoms with E-state index in [1.54, 1.807) is 7.11 Å². The fraction of sp³-hybridized carbons (Fsp3) is 0.455. The van der Waals surface area contributed by atoms with Gasteiger partial charge >= 0.3 is 0 Å². The third-order valence-electron chi connectivity index (χ3n) is 1.46. The van der Waals surface area contributed by atoms with Crippen LogP contribution in [-0.2, 0) is 4.74 Å². The number of nitrogens with one attached hydrogen (secondary N) is 1. The van der Waals surface area contributed by atoms with Crippen molar-refractivity contribution in [2.75, 3.05) is 20.8 Å². The van der Waals surface area contributed by atoms with Gasteiger partial charge in [-0.1, -0.05) is 25.2 Å². The molecule has 2 heteroatoms. The lowest BCUT2D eigenvalue weighted by molar-refractivity contribution is 0.228. The summed E-state index contributed by atoms with van der Waals surface area (Å²) in [4.78, 5) is 0. The second kappa shape index (κ2) is 9.07. The lowest BCUT2D eigenvalue weighted by atomic mass is 10.2. The van der Waals surface area contributed by atoms with Crippen molar-refractivity contribution in [1.29, 1.82) is 0 Å². The third-order valence-corrected chi connectivity index (χ3v) is 1.46. The minimum Gasteiger partial charge on any atom is -0.394 e. The first-order chi connectivity index (χ1) is 6.35. The standard InChI is InChI=1S/C11H19NO/c1-4-5-6-7-11(10-13-3)8-9-12-2/h5-9,12H,4,10H2,1-3H3/b6-5+,9-8-,11-7+. The van der Waals surface area contributed by atoms with E-state index in [0.29, 0.717) is 6.61 Å². The summed E-state index contributed by atoms with van der Waals surface area (Å²) in [7, 11) is 3.58. The molecule has 0 saturated carbocycles. The molecule has 0 aromatic carbocycles. The van der Waals surface area contributed by atoms with Crippen molar-refractivity contribution >= 4 is 0 Å². The van der Waals surface area contributed by atoms with Gasteiger partial charge in [0.05, 0.1) is 6.61 Å². The van der Waals surface area contributed by atoms with Gasteiger partial charge in [0, 0.05) is 14.2 Å². The molecule has 0 bridgehead atoms. The van der Waals surface area contributed by atoms with Gasteiger partial charge in [0.25, 0.3) is 0 Å². The van der Waals surface area contributed by atoms with E-state index in [-0.39, 0.29) is 0 Å². The molecule has 0 aliphatic rings. The maximum atomic E-state index is 5.05. The van der Waals surface area contributed by atoms with Crippen LogP contribution in [0.5, 0.6) is 0 Å². The van der Waals surface area contributed by atoms with Crippen LogP contribution >= 0.6 is 0 Å². The molecule has 0 aromatic heterocycles. The van der Waals surface area contributed by atoms with E-state index in [4.69, 9.17) is 4.74 Å². The van der Waals surface area contributed by atoms with Gasteiger partial charge in [0.2, 0.25) is 0 Å². The van der Waals surface area contributed by atoms with Gasteiger partial charge in [-0.3, -0.25) is 0 Å². The Labute approximate surface area is 81.0 Å². The molecular weight excluding hydrogens is 162 g/mol. The molecule has 0 unspecified atom stereocenters. The van der Waals surface area contributed by atoms with E-state index in [1.807, 2.05) is 25.4 Å². The average molecular weight is 181 g/mol. The predicted octanol–water partition coefficient (Wildman–Crippen LogP) is 2.26.